The van der Waals surface area contributed by atoms with Crippen LogP contribution in [-0.2, 0) is 9.53 Å². The number of carbonyl (C=O) groups excluding carboxylic acids is 1. The number of hydrogen-bond donors (Lipinski definition) is 1. The van der Waals surface area contributed by atoms with Crippen molar-refractivity contribution in [2.24, 2.45) is 0 Å². The minimum absolute atomic E-state index is 0.247. The lowest BCUT2D eigenvalue weighted by atomic mass is 9.83. The number of hydrogen-bond acceptors (Lipinski definition) is 3. The van der Waals surface area contributed by atoms with Crippen LogP contribution in [-0.4, -0.2) is 18.6 Å². The monoisotopic (exact) mass is 279 g/mol. The third kappa shape index (κ3) is 3.50. The van der Waals surface area contributed by atoms with Gasteiger partial charge in [0, 0.05) is 5.69 Å². The van der Waals surface area contributed by atoms with Gasteiger partial charge in [-0.05, 0) is 31.0 Å². The molecule has 1 fully saturated rings. The maximum atomic E-state index is 13.3. The highest BCUT2D eigenvalue weighted by atomic mass is 19.1. The first-order valence-electron chi connectivity index (χ1n) is 7.28. The van der Waals surface area contributed by atoms with Gasteiger partial charge in [-0.15, -0.1) is 0 Å². The van der Waals surface area contributed by atoms with E-state index in [-0.39, 0.29) is 11.8 Å². The van der Waals surface area contributed by atoms with Crippen LogP contribution in [0.2, 0.25) is 0 Å². The zero-order chi connectivity index (χ0) is 14.4. The molecule has 1 N–H and O–H groups in total. The molecule has 110 valence electrons. The Hall–Kier alpha value is -1.58. The maximum Gasteiger partial charge on any atom is 0.331 e. The van der Waals surface area contributed by atoms with Crippen LogP contribution in [0.4, 0.5) is 10.1 Å². The van der Waals surface area contributed by atoms with E-state index in [1.54, 1.807) is 12.1 Å². The fourth-order valence-corrected chi connectivity index (χ4v) is 2.93. The SMILES string of the molecule is COC(=O)C1(Nc2cccc(F)c2)CCCCCCC1. The van der Waals surface area contributed by atoms with Crippen LogP contribution >= 0.6 is 0 Å². The Morgan fingerprint density at radius 1 is 1.20 bits per heavy atom. The molecule has 0 heterocycles. The van der Waals surface area contributed by atoms with Crippen molar-refractivity contribution in [2.75, 3.05) is 12.4 Å². The highest BCUT2D eigenvalue weighted by Crippen LogP contribution is 2.31. The van der Waals surface area contributed by atoms with Crippen LogP contribution in [0, 0.1) is 5.82 Å². The molecule has 0 spiro atoms. The van der Waals surface area contributed by atoms with Gasteiger partial charge in [-0.1, -0.05) is 38.2 Å². The highest BCUT2D eigenvalue weighted by molar-refractivity contribution is 5.84. The second-order valence-corrected chi connectivity index (χ2v) is 5.48. The summed E-state index contributed by atoms with van der Waals surface area (Å²) in [5, 5.41) is 3.24. The number of carbonyl (C=O) groups is 1. The van der Waals surface area contributed by atoms with Gasteiger partial charge in [-0.3, -0.25) is 0 Å². The summed E-state index contributed by atoms with van der Waals surface area (Å²) in [5.74, 6) is -0.551. The fourth-order valence-electron chi connectivity index (χ4n) is 2.93. The van der Waals surface area contributed by atoms with Gasteiger partial charge in [0.1, 0.15) is 11.4 Å². The Morgan fingerprint density at radius 3 is 2.45 bits per heavy atom. The Labute approximate surface area is 119 Å². The smallest absolute Gasteiger partial charge is 0.331 e. The van der Waals surface area contributed by atoms with Crippen LogP contribution in [0.15, 0.2) is 24.3 Å². The Morgan fingerprint density at radius 2 is 1.85 bits per heavy atom. The van der Waals surface area contributed by atoms with Gasteiger partial charge < -0.3 is 10.1 Å². The van der Waals surface area contributed by atoms with E-state index in [4.69, 9.17) is 4.74 Å². The summed E-state index contributed by atoms with van der Waals surface area (Å²) in [5.41, 5.74) is -0.0841. The van der Waals surface area contributed by atoms with Gasteiger partial charge in [0.05, 0.1) is 7.11 Å². The fraction of sp³-hybridized carbons (Fsp3) is 0.562. The topological polar surface area (TPSA) is 38.3 Å². The Kier molecular flexibility index (Phi) is 4.99. The van der Waals surface area contributed by atoms with Crippen LogP contribution in [0.25, 0.3) is 0 Å². The van der Waals surface area contributed by atoms with E-state index < -0.39 is 5.54 Å². The molecular weight excluding hydrogens is 257 g/mol. The van der Waals surface area contributed by atoms with Gasteiger partial charge >= 0.3 is 5.97 Å². The summed E-state index contributed by atoms with van der Waals surface area (Å²) in [4.78, 5) is 12.3. The number of ether oxygens (including phenoxy) is 1. The van der Waals surface area contributed by atoms with Crippen molar-refractivity contribution in [3.8, 4) is 0 Å². The number of nitrogens with one attached hydrogen (secondary N) is 1. The molecule has 1 aromatic rings. The van der Waals surface area contributed by atoms with Crippen molar-refractivity contribution >= 4 is 11.7 Å². The molecule has 0 bridgehead atoms. The van der Waals surface area contributed by atoms with Crippen LogP contribution in [0.5, 0.6) is 0 Å². The average molecular weight is 279 g/mol. The summed E-state index contributed by atoms with van der Waals surface area (Å²) in [6, 6.07) is 6.25. The van der Waals surface area contributed by atoms with E-state index in [1.165, 1.54) is 25.7 Å². The summed E-state index contributed by atoms with van der Waals surface area (Å²) < 4.78 is 18.3. The van der Waals surface area contributed by atoms with Crippen molar-refractivity contribution in [1.82, 2.24) is 0 Å². The van der Waals surface area contributed by atoms with E-state index in [9.17, 15) is 9.18 Å². The molecule has 1 saturated carbocycles. The molecule has 1 aromatic carbocycles. The quantitative estimate of drug-likeness (QED) is 0.853. The first-order chi connectivity index (χ1) is 9.66. The maximum absolute atomic E-state index is 13.3. The lowest BCUT2D eigenvalue weighted by molar-refractivity contribution is -0.146. The molecule has 0 unspecified atom stereocenters. The van der Waals surface area contributed by atoms with Crippen molar-refractivity contribution in [1.29, 1.82) is 0 Å². The summed E-state index contributed by atoms with van der Waals surface area (Å²) in [7, 11) is 1.41. The van der Waals surface area contributed by atoms with Crippen LogP contribution in [0.1, 0.15) is 44.9 Å². The third-order valence-corrected chi connectivity index (χ3v) is 3.99. The lowest BCUT2D eigenvalue weighted by Crippen LogP contribution is -2.47. The molecule has 0 aliphatic heterocycles. The molecule has 1 aliphatic carbocycles. The summed E-state index contributed by atoms with van der Waals surface area (Å²) in [6.45, 7) is 0. The average Bonchev–Trinajstić information content (AvgIpc) is 2.41. The number of rotatable bonds is 3. The zero-order valence-corrected chi connectivity index (χ0v) is 12.0. The summed E-state index contributed by atoms with van der Waals surface area (Å²) >= 11 is 0. The molecule has 4 heteroatoms. The molecule has 0 saturated heterocycles. The molecule has 0 aromatic heterocycles. The first kappa shape index (κ1) is 14.8. The van der Waals surface area contributed by atoms with Crippen molar-refractivity contribution < 1.29 is 13.9 Å². The normalized spacial score (nSPS) is 18.7. The molecule has 0 atom stereocenters. The first-order valence-corrected chi connectivity index (χ1v) is 7.28. The van der Waals surface area contributed by atoms with E-state index in [0.29, 0.717) is 5.69 Å². The predicted molar refractivity (Wildman–Crippen MR) is 77.1 cm³/mol. The number of benzene rings is 1. The van der Waals surface area contributed by atoms with E-state index in [2.05, 4.69) is 5.32 Å². The minimum atomic E-state index is -0.719. The second-order valence-electron chi connectivity index (χ2n) is 5.48. The Balaban J connectivity index is 2.23. The van der Waals surface area contributed by atoms with E-state index in [0.717, 1.165) is 38.5 Å². The van der Waals surface area contributed by atoms with E-state index in [1.807, 2.05) is 0 Å². The molecule has 20 heavy (non-hydrogen) atoms. The minimum Gasteiger partial charge on any atom is -0.467 e. The highest BCUT2D eigenvalue weighted by Gasteiger charge is 2.39. The third-order valence-electron chi connectivity index (χ3n) is 3.99. The molecule has 2 rings (SSSR count). The zero-order valence-electron chi connectivity index (χ0n) is 12.0. The molecule has 3 nitrogen and oxygen atoms in total. The van der Waals surface area contributed by atoms with Gasteiger partial charge in [0.25, 0.3) is 0 Å². The molecular formula is C16H22FNO2. The van der Waals surface area contributed by atoms with Gasteiger partial charge in [0.2, 0.25) is 0 Å². The number of halogens is 1. The number of esters is 1. The van der Waals surface area contributed by atoms with Gasteiger partial charge in [-0.25, -0.2) is 9.18 Å². The predicted octanol–water partition coefficient (Wildman–Crippen LogP) is 3.89. The summed E-state index contributed by atoms with van der Waals surface area (Å²) in [6.07, 6.45) is 6.91. The standard InChI is InChI=1S/C16H22FNO2/c1-20-15(19)16(10-5-3-2-4-6-11-16)18-14-9-7-8-13(17)12-14/h7-9,12,18H,2-6,10-11H2,1H3. The van der Waals surface area contributed by atoms with Crippen LogP contribution < -0.4 is 5.32 Å². The molecule has 0 radical (unpaired) electrons. The van der Waals surface area contributed by atoms with Crippen molar-refractivity contribution in [3.63, 3.8) is 0 Å². The number of methoxy groups -OCH3 is 1. The van der Waals surface area contributed by atoms with Crippen molar-refractivity contribution in [2.45, 2.75) is 50.5 Å². The lowest BCUT2D eigenvalue weighted by Gasteiger charge is -2.34. The second kappa shape index (κ2) is 6.73. The van der Waals surface area contributed by atoms with Gasteiger partial charge in [-0.2, -0.15) is 0 Å². The van der Waals surface area contributed by atoms with Gasteiger partial charge in [0.15, 0.2) is 0 Å². The molecule has 0 amide bonds. The number of anilines is 1. The van der Waals surface area contributed by atoms with E-state index >= 15 is 0 Å². The molecule has 1 aliphatic rings. The van der Waals surface area contributed by atoms with Crippen molar-refractivity contribution in [3.05, 3.63) is 30.1 Å². The van der Waals surface area contributed by atoms with Crippen LogP contribution in [0.3, 0.4) is 0 Å². The largest absolute Gasteiger partial charge is 0.467 e. The Bertz CT molecular complexity index is 454.